The Bertz CT molecular complexity index is 526. The number of methoxy groups -OCH3 is 1. The number of hydrogen-bond acceptors (Lipinski definition) is 6. The third-order valence-electron chi connectivity index (χ3n) is 3.97. The van der Waals surface area contributed by atoms with Crippen molar-refractivity contribution in [1.29, 1.82) is 0 Å². The minimum Gasteiger partial charge on any atom is -0.493 e. The second-order valence-electron chi connectivity index (χ2n) is 5.69. The second kappa shape index (κ2) is 8.17. The number of likely N-dealkylation sites (tertiary alicyclic amines) is 1. The Morgan fingerprint density at radius 2 is 2.04 bits per heavy atom. The molecule has 1 saturated heterocycles. The minimum atomic E-state index is -1.32. The third-order valence-corrected chi connectivity index (χ3v) is 3.97. The van der Waals surface area contributed by atoms with Gasteiger partial charge in [0, 0.05) is 13.1 Å². The van der Waals surface area contributed by atoms with Crippen molar-refractivity contribution in [1.82, 2.24) is 4.90 Å². The topological polar surface area (TPSA) is 68.2 Å². The zero-order chi connectivity index (χ0) is 16.8. The van der Waals surface area contributed by atoms with Crippen LogP contribution in [0.4, 0.5) is 0 Å². The van der Waals surface area contributed by atoms with Gasteiger partial charge in [0.1, 0.15) is 6.10 Å². The number of benzene rings is 1. The number of nitrogens with zero attached hydrogens (tertiary/aromatic N) is 1. The molecule has 1 aromatic rings. The number of piperidine rings is 1. The Morgan fingerprint density at radius 1 is 1.35 bits per heavy atom. The Hall–Kier alpha value is -1.79. The summed E-state index contributed by atoms with van der Waals surface area (Å²) in [5.41, 5.74) is 0.437. The maximum atomic E-state index is 11.7. The lowest BCUT2D eigenvalue weighted by Crippen LogP contribution is -2.35. The number of rotatable bonds is 6. The van der Waals surface area contributed by atoms with Crippen molar-refractivity contribution in [3.63, 3.8) is 0 Å². The van der Waals surface area contributed by atoms with Gasteiger partial charge in [-0.15, -0.1) is 0 Å². The quantitative estimate of drug-likeness (QED) is 0.805. The number of ether oxygens (including phenoxy) is 3. The van der Waals surface area contributed by atoms with E-state index in [1.807, 2.05) is 0 Å². The molecule has 0 saturated carbocycles. The molecule has 0 aliphatic carbocycles. The highest BCUT2D eigenvalue weighted by molar-refractivity contribution is 5.76. The summed E-state index contributed by atoms with van der Waals surface area (Å²) in [5.74, 6) is 0.467. The van der Waals surface area contributed by atoms with Crippen LogP contribution in [0.15, 0.2) is 18.2 Å². The molecule has 0 radical (unpaired) electrons. The first-order valence-corrected chi connectivity index (χ1v) is 7.93. The third kappa shape index (κ3) is 4.59. The van der Waals surface area contributed by atoms with Crippen molar-refractivity contribution in [3.05, 3.63) is 23.8 Å². The van der Waals surface area contributed by atoms with Crippen LogP contribution in [0.3, 0.4) is 0 Å². The molecule has 23 heavy (non-hydrogen) atoms. The molecule has 1 heterocycles. The summed E-state index contributed by atoms with van der Waals surface area (Å²) in [4.78, 5) is 13.9. The largest absolute Gasteiger partial charge is 0.493 e. The molecule has 1 unspecified atom stereocenters. The van der Waals surface area contributed by atoms with Crippen LogP contribution in [-0.4, -0.2) is 55.9 Å². The van der Waals surface area contributed by atoms with Crippen molar-refractivity contribution in [3.8, 4) is 11.5 Å². The lowest BCUT2D eigenvalue weighted by molar-refractivity contribution is -0.153. The second-order valence-corrected chi connectivity index (χ2v) is 5.69. The number of hydrogen-bond donors (Lipinski definition) is 1. The van der Waals surface area contributed by atoms with E-state index in [1.54, 1.807) is 32.2 Å². The summed E-state index contributed by atoms with van der Waals surface area (Å²) in [7, 11) is 3.66. The number of carbonyl (C=O) groups excluding carboxylic acids is 1. The van der Waals surface area contributed by atoms with Crippen molar-refractivity contribution in [2.75, 3.05) is 33.9 Å². The lowest BCUT2D eigenvalue weighted by atomic mass is 10.1. The van der Waals surface area contributed by atoms with Gasteiger partial charge in [0.2, 0.25) is 0 Å². The summed E-state index contributed by atoms with van der Waals surface area (Å²) in [6, 6.07) is 4.99. The highest BCUT2D eigenvalue weighted by Gasteiger charge is 2.23. The van der Waals surface area contributed by atoms with Crippen LogP contribution in [0.1, 0.15) is 31.4 Å². The van der Waals surface area contributed by atoms with Crippen molar-refractivity contribution >= 4 is 5.97 Å². The standard InChI is InChI=1S/C17H25NO5/c1-4-22-17(20)16(19)12-5-6-14(21-3)15(11-12)23-13-7-9-18(2)10-8-13/h5-6,11,13,16,19H,4,7-10H2,1-3H3. The molecule has 0 amide bonds. The van der Waals surface area contributed by atoms with Gasteiger partial charge >= 0.3 is 5.97 Å². The SMILES string of the molecule is CCOC(=O)C(O)c1ccc(OC)c(OC2CCN(C)CC2)c1. The van der Waals surface area contributed by atoms with Crippen molar-refractivity contribution in [2.45, 2.75) is 32.0 Å². The average molecular weight is 323 g/mol. The maximum absolute atomic E-state index is 11.7. The summed E-state index contributed by atoms with van der Waals surface area (Å²) in [5, 5.41) is 10.1. The van der Waals surface area contributed by atoms with Crippen LogP contribution >= 0.6 is 0 Å². The molecular weight excluding hydrogens is 298 g/mol. The summed E-state index contributed by atoms with van der Waals surface area (Å²) < 4.78 is 16.2. The van der Waals surface area contributed by atoms with Gasteiger partial charge in [0.05, 0.1) is 13.7 Å². The fourth-order valence-electron chi connectivity index (χ4n) is 2.60. The molecule has 6 heteroatoms. The lowest BCUT2D eigenvalue weighted by Gasteiger charge is -2.29. The van der Waals surface area contributed by atoms with Crippen LogP contribution < -0.4 is 9.47 Å². The Morgan fingerprint density at radius 3 is 2.65 bits per heavy atom. The average Bonchev–Trinajstić information content (AvgIpc) is 2.56. The maximum Gasteiger partial charge on any atom is 0.339 e. The summed E-state index contributed by atoms with van der Waals surface area (Å²) in [6.45, 7) is 3.90. The van der Waals surface area contributed by atoms with E-state index in [4.69, 9.17) is 14.2 Å². The molecule has 1 fully saturated rings. The van der Waals surface area contributed by atoms with Gasteiger partial charge in [-0.05, 0) is 44.5 Å². The molecule has 0 bridgehead atoms. The Labute approximate surface area is 136 Å². The van der Waals surface area contributed by atoms with E-state index >= 15 is 0 Å². The van der Waals surface area contributed by atoms with Gasteiger partial charge in [-0.3, -0.25) is 0 Å². The fourth-order valence-corrected chi connectivity index (χ4v) is 2.60. The van der Waals surface area contributed by atoms with Gasteiger partial charge in [0.25, 0.3) is 0 Å². The zero-order valence-electron chi connectivity index (χ0n) is 13.9. The van der Waals surface area contributed by atoms with E-state index in [1.165, 1.54) is 0 Å². The van der Waals surface area contributed by atoms with Gasteiger partial charge in [-0.1, -0.05) is 6.07 Å². The normalized spacial score (nSPS) is 17.6. The van der Waals surface area contributed by atoms with Gasteiger partial charge in [-0.25, -0.2) is 4.79 Å². The summed E-state index contributed by atoms with van der Waals surface area (Å²) in [6.07, 6.45) is 0.657. The van der Waals surface area contributed by atoms with Crippen molar-refractivity contribution in [2.24, 2.45) is 0 Å². The highest BCUT2D eigenvalue weighted by Crippen LogP contribution is 2.32. The first-order valence-electron chi connectivity index (χ1n) is 7.93. The van der Waals surface area contributed by atoms with E-state index in [0.717, 1.165) is 25.9 Å². The number of aliphatic hydroxyl groups is 1. The highest BCUT2D eigenvalue weighted by atomic mass is 16.5. The van der Waals surface area contributed by atoms with Crippen LogP contribution in [-0.2, 0) is 9.53 Å². The first kappa shape index (κ1) is 17.6. The molecule has 0 spiro atoms. The van der Waals surface area contributed by atoms with E-state index in [0.29, 0.717) is 17.1 Å². The van der Waals surface area contributed by atoms with Crippen LogP contribution in [0.25, 0.3) is 0 Å². The van der Waals surface area contributed by atoms with Gasteiger partial charge < -0.3 is 24.2 Å². The minimum absolute atomic E-state index is 0.107. The van der Waals surface area contributed by atoms with E-state index in [9.17, 15) is 9.90 Å². The molecule has 0 aromatic heterocycles. The zero-order valence-corrected chi connectivity index (χ0v) is 13.9. The first-order chi connectivity index (χ1) is 11.0. The van der Waals surface area contributed by atoms with Crippen LogP contribution in [0.5, 0.6) is 11.5 Å². The van der Waals surface area contributed by atoms with Crippen LogP contribution in [0.2, 0.25) is 0 Å². The predicted octanol–water partition coefficient (Wildman–Crippen LogP) is 1.76. The molecule has 1 atom stereocenters. The number of esters is 1. The smallest absolute Gasteiger partial charge is 0.339 e. The van der Waals surface area contributed by atoms with Gasteiger partial charge in [-0.2, -0.15) is 0 Å². The van der Waals surface area contributed by atoms with Crippen molar-refractivity contribution < 1.29 is 24.1 Å². The monoisotopic (exact) mass is 323 g/mol. The van der Waals surface area contributed by atoms with Gasteiger partial charge in [0.15, 0.2) is 17.6 Å². The molecule has 2 rings (SSSR count). The molecule has 1 N–H and O–H groups in total. The molecule has 6 nitrogen and oxygen atoms in total. The molecule has 1 aromatic carbocycles. The van der Waals surface area contributed by atoms with E-state index < -0.39 is 12.1 Å². The number of carbonyl (C=O) groups is 1. The Kier molecular flexibility index (Phi) is 6.24. The van der Waals surface area contributed by atoms with E-state index in [2.05, 4.69) is 11.9 Å². The molecule has 1 aliphatic rings. The Balaban J connectivity index is 2.13. The predicted molar refractivity (Wildman–Crippen MR) is 85.7 cm³/mol. The molecular formula is C17H25NO5. The van der Waals surface area contributed by atoms with Crippen LogP contribution in [0, 0.1) is 0 Å². The number of aliphatic hydroxyl groups excluding tert-OH is 1. The fraction of sp³-hybridized carbons (Fsp3) is 0.588. The molecule has 1 aliphatic heterocycles. The summed E-state index contributed by atoms with van der Waals surface area (Å²) >= 11 is 0. The van der Waals surface area contributed by atoms with E-state index in [-0.39, 0.29) is 12.7 Å². The molecule has 128 valence electrons.